The lowest BCUT2D eigenvalue weighted by Crippen LogP contribution is -2.45. The Bertz CT molecular complexity index is 605. The Balaban J connectivity index is 2.10. The molecule has 0 radical (unpaired) electrons. The number of anilines is 1. The third-order valence-electron chi connectivity index (χ3n) is 3.69. The topological polar surface area (TPSA) is 86.7 Å². The molecular formula is C15H17BrN2O4. The summed E-state index contributed by atoms with van der Waals surface area (Å²) in [5.74, 6) is -2.75. The highest BCUT2D eigenvalue weighted by atomic mass is 79.9. The molecule has 1 aliphatic rings. The summed E-state index contributed by atoms with van der Waals surface area (Å²) in [5, 5.41) is 11.4. The van der Waals surface area contributed by atoms with Crippen LogP contribution in [-0.2, 0) is 14.4 Å². The molecule has 7 heteroatoms. The highest BCUT2D eigenvalue weighted by Gasteiger charge is 2.39. The molecule has 0 spiro atoms. The molecule has 2 unspecified atom stereocenters. The molecule has 118 valence electrons. The molecule has 2 amide bonds. The van der Waals surface area contributed by atoms with E-state index in [1.165, 1.54) is 0 Å². The molecule has 22 heavy (non-hydrogen) atoms. The number of amides is 2. The molecule has 1 aromatic rings. The van der Waals surface area contributed by atoms with Gasteiger partial charge in [-0.2, -0.15) is 0 Å². The van der Waals surface area contributed by atoms with E-state index in [9.17, 15) is 14.4 Å². The third kappa shape index (κ3) is 3.30. The summed E-state index contributed by atoms with van der Waals surface area (Å²) >= 11 is 3.39. The lowest BCUT2D eigenvalue weighted by atomic mass is 10.1. The first kappa shape index (κ1) is 16.5. The average Bonchev–Trinajstić information content (AvgIpc) is 2.86. The van der Waals surface area contributed by atoms with E-state index < -0.39 is 23.8 Å². The first-order valence-corrected chi connectivity index (χ1v) is 7.84. The number of carbonyl (C=O) groups excluding carboxylic acids is 2. The van der Waals surface area contributed by atoms with Crippen molar-refractivity contribution in [2.45, 2.75) is 25.8 Å². The number of para-hydroxylation sites is 1. The average molecular weight is 369 g/mol. The summed E-state index contributed by atoms with van der Waals surface area (Å²) in [4.78, 5) is 37.1. The number of aliphatic carboxylic acids is 1. The van der Waals surface area contributed by atoms with Gasteiger partial charge in [0, 0.05) is 11.0 Å². The number of halogens is 1. The van der Waals surface area contributed by atoms with Crippen molar-refractivity contribution < 1.29 is 19.5 Å². The summed E-state index contributed by atoms with van der Waals surface area (Å²) in [6.45, 7) is 2.10. The van der Waals surface area contributed by atoms with Gasteiger partial charge in [-0.25, -0.2) is 4.79 Å². The predicted octanol–water partition coefficient (Wildman–Crippen LogP) is 1.78. The lowest BCUT2D eigenvalue weighted by molar-refractivity contribution is -0.143. The van der Waals surface area contributed by atoms with Gasteiger partial charge in [0.1, 0.15) is 12.0 Å². The van der Waals surface area contributed by atoms with Gasteiger partial charge in [-0.3, -0.25) is 9.59 Å². The fourth-order valence-electron chi connectivity index (χ4n) is 2.44. The van der Waals surface area contributed by atoms with Crippen LogP contribution in [0, 0.1) is 5.92 Å². The minimum atomic E-state index is -1.09. The van der Waals surface area contributed by atoms with Crippen molar-refractivity contribution >= 4 is 39.4 Å². The minimum absolute atomic E-state index is 0.274. The van der Waals surface area contributed by atoms with Gasteiger partial charge in [0.25, 0.3) is 0 Å². The van der Waals surface area contributed by atoms with E-state index in [1.807, 2.05) is 18.2 Å². The summed E-state index contributed by atoms with van der Waals surface area (Å²) < 4.78 is 0.779. The Morgan fingerprint density at radius 2 is 2.14 bits per heavy atom. The zero-order valence-corrected chi connectivity index (χ0v) is 13.7. The number of carbonyl (C=O) groups is 3. The van der Waals surface area contributed by atoms with Crippen molar-refractivity contribution in [3.8, 4) is 0 Å². The highest BCUT2D eigenvalue weighted by molar-refractivity contribution is 9.10. The maximum atomic E-state index is 12.4. The Morgan fingerprint density at radius 3 is 2.73 bits per heavy atom. The summed E-state index contributed by atoms with van der Waals surface area (Å²) in [7, 11) is 0. The van der Waals surface area contributed by atoms with Crippen molar-refractivity contribution in [2.75, 3.05) is 11.4 Å². The highest BCUT2D eigenvalue weighted by Crippen LogP contribution is 2.31. The van der Waals surface area contributed by atoms with Crippen LogP contribution in [0.25, 0.3) is 0 Å². The molecule has 2 atom stereocenters. The van der Waals surface area contributed by atoms with Crippen molar-refractivity contribution in [3.63, 3.8) is 0 Å². The zero-order chi connectivity index (χ0) is 16.3. The minimum Gasteiger partial charge on any atom is -0.480 e. The van der Waals surface area contributed by atoms with E-state index in [2.05, 4.69) is 21.2 Å². The normalized spacial score (nSPS) is 19.1. The van der Waals surface area contributed by atoms with E-state index in [0.29, 0.717) is 18.7 Å². The van der Waals surface area contributed by atoms with Crippen LogP contribution in [0.1, 0.15) is 19.8 Å². The molecule has 1 heterocycles. The van der Waals surface area contributed by atoms with Crippen molar-refractivity contribution in [2.24, 2.45) is 5.92 Å². The maximum Gasteiger partial charge on any atom is 0.326 e. The molecule has 0 bridgehead atoms. The molecule has 2 rings (SSSR count). The Morgan fingerprint density at radius 1 is 1.45 bits per heavy atom. The van der Waals surface area contributed by atoms with Gasteiger partial charge in [0.05, 0.1) is 5.69 Å². The van der Waals surface area contributed by atoms with E-state index in [1.54, 1.807) is 17.9 Å². The summed E-state index contributed by atoms with van der Waals surface area (Å²) in [6.07, 6.45) is 0.651. The van der Waals surface area contributed by atoms with Gasteiger partial charge in [0.15, 0.2) is 0 Å². The lowest BCUT2D eigenvalue weighted by Gasteiger charge is -2.19. The van der Waals surface area contributed by atoms with Crippen molar-refractivity contribution in [1.29, 1.82) is 0 Å². The molecule has 1 aliphatic heterocycles. The van der Waals surface area contributed by atoms with Gasteiger partial charge < -0.3 is 15.3 Å². The third-order valence-corrected chi connectivity index (χ3v) is 4.36. The van der Waals surface area contributed by atoms with Crippen LogP contribution in [0.5, 0.6) is 0 Å². The standard InChI is InChI=1S/C15H17BrN2O4/c1-2-11(15(21)22)17-13(19)9-7-8-18(14(9)20)12-6-4-3-5-10(12)16/h3-6,9,11H,2,7-8H2,1H3,(H,17,19)(H,21,22). The summed E-state index contributed by atoms with van der Waals surface area (Å²) in [5.41, 5.74) is 0.716. The van der Waals surface area contributed by atoms with Gasteiger partial charge in [-0.1, -0.05) is 19.1 Å². The second-order valence-corrected chi connectivity index (χ2v) is 5.94. The van der Waals surface area contributed by atoms with Gasteiger partial charge >= 0.3 is 5.97 Å². The van der Waals surface area contributed by atoms with Crippen LogP contribution >= 0.6 is 15.9 Å². The molecular weight excluding hydrogens is 352 g/mol. The number of nitrogens with zero attached hydrogens (tertiary/aromatic N) is 1. The molecule has 0 saturated carbocycles. The van der Waals surface area contributed by atoms with Crippen molar-refractivity contribution in [3.05, 3.63) is 28.7 Å². The fourth-order valence-corrected chi connectivity index (χ4v) is 2.94. The number of rotatable bonds is 5. The van der Waals surface area contributed by atoms with Crippen LogP contribution in [0.15, 0.2) is 28.7 Å². The van der Waals surface area contributed by atoms with Gasteiger partial charge in [-0.05, 0) is 40.9 Å². The zero-order valence-electron chi connectivity index (χ0n) is 12.1. The van der Waals surface area contributed by atoms with Crippen LogP contribution in [0.4, 0.5) is 5.69 Å². The molecule has 1 aromatic carbocycles. The van der Waals surface area contributed by atoms with Gasteiger partial charge in [-0.15, -0.1) is 0 Å². The molecule has 0 aromatic heterocycles. The number of carboxylic acid groups (broad SMARTS) is 1. The number of nitrogens with one attached hydrogen (secondary N) is 1. The quantitative estimate of drug-likeness (QED) is 0.775. The van der Waals surface area contributed by atoms with Crippen LogP contribution in [0.2, 0.25) is 0 Å². The maximum absolute atomic E-state index is 12.4. The van der Waals surface area contributed by atoms with Gasteiger partial charge in [0.2, 0.25) is 11.8 Å². The monoisotopic (exact) mass is 368 g/mol. The van der Waals surface area contributed by atoms with E-state index in [0.717, 1.165) is 4.47 Å². The van der Waals surface area contributed by atoms with E-state index >= 15 is 0 Å². The predicted molar refractivity (Wildman–Crippen MR) is 84.5 cm³/mol. The molecule has 1 fully saturated rings. The SMILES string of the molecule is CCC(NC(=O)C1CCN(c2ccccc2Br)C1=O)C(=O)O. The van der Waals surface area contributed by atoms with Crippen LogP contribution < -0.4 is 10.2 Å². The number of carboxylic acids is 1. The Hall–Kier alpha value is -1.89. The Kier molecular flexibility index (Phi) is 5.18. The fraction of sp³-hybridized carbons (Fsp3) is 0.400. The molecule has 6 nitrogen and oxygen atoms in total. The molecule has 2 N–H and O–H groups in total. The number of hydrogen-bond donors (Lipinski definition) is 2. The smallest absolute Gasteiger partial charge is 0.326 e. The molecule has 1 saturated heterocycles. The van der Waals surface area contributed by atoms with Crippen LogP contribution in [-0.4, -0.2) is 35.5 Å². The molecule has 0 aliphatic carbocycles. The van der Waals surface area contributed by atoms with E-state index in [4.69, 9.17) is 5.11 Å². The second kappa shape index (κ2) is 6.91. The number of benzene rings is 1. The number of hydrogen-bond acceptors (Lipinski definition) is 3. The first-order valence-electron chi connectivity index (χ1n) is 7.04. The van der Waals surface area contributed by atoms with Crippen molar-refractivity contribution in [1.82, 2.24) is 5.32 Å². The first-order chi connectivity index (χ1) is 10.5. The van der Waals surface area contributed by atoms with Crippen LogP contribution in [0.3, 0.4) is 0 Å². The Labute approximate surface area is 136 Å². The van der Waals surface area contributed by atoms with E-state index in [-0.39, 0.29) is 12.3 Å². The second-order valence-electron chi connectivity index (χ2n) is 5.09. The summed E-state index contributed by atoms with van der Waals surface area (Å²) in [6, 6.07) is 6.33. The largest absolute Gasteiger partial charge is 0.480 e.